The number of para-hydroxylation sites is 1. The van der Waals surface area contributed by atoms with Crippen molar-refractivity contribution in [2.45, 2.75) is 39.5 Å². The predicted octanol–water partition coefficient (Wildman–Crippen LogP) is 3.73. The molecule has 24 heavy (non-hydrogen) atoms. The maximum absolute atomic E-state index is 5.80. The smallest absolute Gasteiger partial charge is 0.191 e. The van der Waals surface area contributed by atoms with E-state index in [9.17, 15) is 0 Å². The summed E-state index contributed by atoms with van der Waals surface area (Å²) in [5.74, 6) is 1.68. The molecule has 128 valence electrons. The van der Waals surface area contributed by atoms with Gasteiger partial charge in [0.05, 0.1) is 0 Å². The number of guanidine groups is 1. The van der Waals surface area contributed by atoms with E-state index in [1.807, 2.05) is 30.3 Å². The number of hydrogen-bond acceptors (Lipinski definition) is 2. The second kappa shape index (κ2) is 8.39. The molecule has 0 heterocycles. The Labute approximate surface area is 145 Å². The van der Waals surface area contributed by atoms with Crippen LogP contribution in [0.1, 0.15) is 31.9 Å². The quantitative estimate of drug-likeness (QED) is 0.650. The highest BCUT2D eigenvalue weighted by Gasteiger charge is 2.11. The summed E-state index contributed by atoms with van der Waals surface area (Å²) >= 11 is 0. The Hall–Kier alpha value is -2.49. The fraction of sp³-hybridized carbons (Fsp3) is 0.350. The number of hydrogen-bond donors (Lipinski definition) is 2. The summed E-state index contributed by atoms with van der Waals surface area (Å²) < 4.78 is 5.80. The highest BCUT2D eigenvalue weighted by atomic mass is 16.5. The molecule has 2 rings (SSSR count). The van der Waals surface area contributed by atoms with Gasteiger partial charge in [0.15, 0.2) is 5.96 Å². The van der Waals surface area contributed by atoms with Gasteiger partial charge in [0.1, 0.15) is 12.4 Å². The van der Waals surface area contributed by atoms with Gasteiger partial charge in [-0.2, -0.15) is 0 Å². The van der Waals surface area contributed by atoms with Gasteiger partial charge in [-0.3, -0.25) is 4.99 Å². The number of nitrogens with one attached hydrogen (secondary N) is 2. The van der Waals surface area contributed by atoms with Crippen LogP contribution in [0.2, 0.25) is 0 Å². The fourth-order valence-electron chi connectivity index (χ4n) is 2.23. The molecule has 2 aromatic carbocycles. The van der Waals surface area contributed by atoms with Crippen molar-refractivity contribution < 1.29 is 4.74 Å². The van der Waals surface area contributed by atoms with E-state index < -0.39 is 0 Å². The van der Waals surface area contributed by atoms with Gasteiger partial charge in [-0.15, -0.1) is 0 Å². The Balaban J connectivity index is 1.90. The zero-order chi connectivity index (χ0) is 17.4. The van der Waals surface area contributed by atoms with E-state index in [2.05, 4.69) is 60.7 Å². The molecule has 0 aromatic heterocycles. The molecule has 0 unspecified atom stereocenters. The molecule has 0 aliphatic carbocycles. The lowest BCUT2D eigenvalue weighted by atomic mass is 10.1. The van der Waals surface area contributed by atoms with E-state index in [1.54, 1.807) is 7.05 Å². The highest BCUT2D eigenvalue weighted by Crippen LogP contribution is 2.12. The third-order valence-electron chi connectivity index (χ3n) is 3.32. The summed E-state index contributed by atoms with van der Waals surface area (Å²) in [6.45, 7) is 7.62. The first kappa shape index (κ1) is 17.9. The van der Waals surface area contributed by atoms with Gasteiger partial charge in [-0.05, 0) is 44.0 Å². The van der Waals surface area contributed by atoms with Gasteiger partial charge < -0.3 is 15.4 Å². The molecule has 0 atom stereocenters. The molecule has 2 N–H and O–H groups in total. The van der Waals surface area contributed by atoms with Crippen LogP contribution >= 0.6 is 0 Å². The van der Waals surface area contributed by atoms with Gasteiger partial charge in [0.2, 0.25) is 0 Å². The van der Waals surface area contributed by atoms with Gasteiger partial charge >= 0.3 is 0 Å². The number of benzene rings is 2. The normalized spacial score (nSPS) is 11.9. The molecule has 0 radical (unpaired) electrons. The zero-order valence-electron chi connectivity index (χ0n) is 15.0. The van der Waals surface area contributed by atoms with Crippen molar-refractivity contribution in [3.8, 4) is 5.75 Å². The van der Waals surface area contributed by atoms with Crippen LogP contribution in [0.5, 0.6) is 5.75 Å². The SMILES string of the molecule is CN=C(NCc1cccc(COc2ccccc2)c1)NC(C)(C)C. The molecule has 0 saturated carbocycles. The first-order valence-corrected chi connectivity index (χ1v) is 8.21. The van der Waals surface area contributed by atoms with Crippen molar-refractivity contribution in [2.75, 3.05) is 7.05 Å². The van der Waals surface area contributed by atoms with Crippen molar-refractivity contribution in [1.29, 1.82) is 0 Å². The van der Waals surface area contributed by atoms with Crippen LogP contribution in [0.3, 0.4) is 0 Å². The lowest BCUT2D eigenvalue weighted by molar-refractivity contribution is 0.306. The minimum absolute atomic E-state index is 0.0206. The van der Waals surface area contributed by atoms with E-state index in [4.69, 9.17) is 4.74 Å². The van der Waals surface area contributed by atoms with Gasteiger partial charge in [-0.1, -0.05) is 42.5 Å². The van der Waals surface area contributed by atoms with Crippen LogP contribution in [-0.2, 0) is 13.2 Å². The monoisotopic (exact) mass is 325 g/mol. The van der Waals surface area contributed by atoms with Gasteiger partial charge in [0.25, 0.3) is 0 Å². The Morgan fingerprint density at radius 2 is 1.71 bits per heavy atom. The minimum atomic E-state index is -0.0206. The largest absolute Gasteiger partial charge is 0.489 e. The Morgan fingerprint density at radius 1 is 1.00 bits per heavy atom. The van der Waals surface area contributed by atoms with E-state index in [1.165, 1.54) is 5.56 Å². The minimum Gasteiger partial charge on any atom is -0.489 e. The van der Waals surface area contributed by atoms with Crippen LogP contribution in [0.25, 0.3) is 0 Å². The summed E-state index contributed by atoms with van der Waals surface area (Å²) in [5, 5.41) is 6.69. The fourth-order valence-corrected chi connectivity index (χ4v) is 2.23. The van der Waals surface area contributed by atoms with E-state index in [0.29, 0.717) is 6.61 Å². The first-order valence-electron chi connectivity index (χ1n) is 8.21. The lowest BCUT2D eigenvalue weighted by Gasteiger charge is -2.23. The summed E-state index contributed by atoms with van der Waals surface area (Å²) in [7, 11) is 1.78. The molecule has 0 saturated heterocycles. The molecule has 0 aliphatic rings. The zero-order valence-corrected chi connectivity index (χ0v) is 15.0. The summed E-state index contributed by atoms with van der Waals surface area (Å²) in [6, 6.07) is 18.3. The number of rotatable bonds is 5. The van der Waals surface area contributed by atoms with Crippen LogP contribution in [0.4, 0.5) is 0 Å². The van der Waals surface area contributed by atoms with Crippen LogP contribution in [0.15, 0.2) is 59.6 Å². The topological polar surface area (TPSA) is 45.7 Å². The Morgan fingerprint density at radius 3 is 2.38 bits per heavy atom. The van der Waals surface area contributed by atoms with Crippen LogP contribution in [0, 0.1) is 0 Å². The Kier molecular flexibility index (Phi) is 6.24. The van der Waals surface area contributed by atoms with Crippen LogP contribution in [-0.4, -0.2) is 18.5 Å². The standard InChI is InChI=1S/C20H27N3O/c1-20(2,3)23-19(21-4)22-14-16-9-8-10-17(13-16)15-24-18-11-6-5-7-12-18/h5-13H,14-15H2,1-4H3,(H2,21,22,23). The maximum Gasteiger partial charge on any atom is 0.191 e. The van der Waals surface area contributed by atoms with Gasteiger partial charge in [-0.25, -0.2) is 0 Å². The lowest BCUT2D eigenvalue weighted by Crippen LogP contribution is -2.47. The summed E-state index contributed by atoms with van der Waals surface area (Å²) in [6.07, 6.45) is 0. The molecule has 0 bridgehead atoms. The molecule has 0 spiro atoms. The van der Waals surface area contributed by atoms with E-state index >= 15 is 0 Å². The van der Waals surface area contributed by atoms with Gasteiger partial charge in [0, 0.05) is 19.1 Å². The molecule has 4 nitrogen and oxygen atoms in total. The average molecular weight is 325 g/mol. The number of nitrogens with zero attached hydrogens (tertiary/aromatic N) is 1. The van der Waals surface area contributed by atoms with Crippen LogP contribution < -0.4 is 15.4 Å². The summed E-state index contributed by atoms with van der Waals surface area (Å²) in [4.78, 5) is 4.26. The number of ether oxygens (including phenoxy) is 1. The van der Waals surface area contributed by atoms with Crippen molar-refractivity contribution in [2.24, 2.45) is 4.99 Å². The predicted molar refractivity (Wildman–Crippen MR) is 100 cm³/mol. The molecule has 0 amide bonds. The molecule has 4 heteroatoms. The third-order valence-corrected chi connectivity index (χ3v) is 3.32. The van der Waals surface area contributed by atoms with Crippen molar-refractivity contribution in [1.82, 2.24) is 10.6 Å². The third kappa shape index (κ3) is 6.32. The molecular formula is C20H27N3O. The molecule has 0 aliphatic heterocycles. The maximum atomic E-state index is 5.80. The number of aliphatic imine (C=N–C) groups is 1. The highest BCUT2D eigenvalue weighted by molar-refractivity contribution is 5.80. The average Bonchev–Trinajstić information content (AvgIpc) is 2.57. The first-order chi connectivity index (χ1) is 11.5. The molecular weight excluding hydrogens is 298 g/mol. The molecule has 2 aromatic rings. The summed E-state index contributed by atoms with van der Waals surface area (Å²) in [5.41, 5.74) is 2.32. The van der Waals surface area contributed by atoms with E-state index in [-0.39, 0.29) is 5.54 Å². The van der Waals surface area contributed by atoms with E-state index in [0.717, 1.165) is 23.8 Å². The Bertz CT molecular complexity index is 660. The van der Waals surface area contributed by atoms with Crippen molar-refractivity contribution in [3.63, 3.8) is 0 Å². The van der Waals surface area contributed by atoms with Crippen molar-refractivity contribution in [3.05, 3.63) is 65.7 Å². The second-order valence-corrected chi connectivity index (χ2v) is 6.72. The van der Waals surface area contributed by atoms with Crippen molar-refractivity contribution >= 4 is 5.96 Å². The molecule has 0 fully saturated rings. The second-order valence-electron chi connectivity index (χ2n) is 6.72.